The van der Waals surface area contributed by atoms with E-state index in [2.05, 4.69) is 13.8 Å². The van der Waals surface area contributed by atoms with Gasteiger partial charge in [-0.2, -0.15) is 0 Å². The molecule has 0 aliphatic heterocycles. The first-order chi connectivity index (χ1) is 12.6. The van der Waals surface area contributed by atoms with Crippen LogP contribution in [-0.4, -0.2) is 40.8 Å². The first-order valence-corrected chi connectivity index (χ1v) is 10.6. The Morgan fingerprint density at radius 1 is 0.769 bits per heavy atom. The highest BCUT2D eigenvalue weighted by Crippen LogP contribution is 2.12. The van der Waals surface area contributed by atoms with Gasteiger partial charge in [0.15, 0.2) is 18.0 Å². The fourth-order valence-corrected chi connectivity index (χ4v) is 2.91. The first kappa shape index (κ1) is 25.1. The number of carbonyl (C=O) groups is 2. The van der Waals surface area contributed by atoms with Crippen LogP contribution in [0.25, 0.3) is 0 Å². The molecule has 0 bridgehead atoms. The number of unbranched alkanes of at least 4 members (excludes halogenated alkanes) is 10. The number of ether oxygens (including phenoxy) is 1. The van der Waals surface area contributed by atoms with Gasteiger partial charge in [0, 0.05) is 12.8 Å². The van der Waals surface area contributed by atoms with Gasteiger partial charge in [0.05, 0.1) is 6.61 Å². The van der Waals surface area contributed by atoms with Crippen molar-refractivity contribution >= 4 is 11.8 Å². The molecule has 0 saturated heterocycles. The number of aliphatic hydroxyl groups excluding tert-OH is 2. The second kappa shape index (κ2) is 17.5. The molecule has 0 aromatic carbocycles. The van der Waals surface area contributed by atoms with Gasteiger partial charge >= 0.3 is 5.97 Å². The largest absolute Gasteiger partial charge is 0.457 e. The molecule has 2 N–H and O–H groups in total. The molecule has 0 heterocycles. The van der Waals surface area contributed by atoms with E-state index in [0.717, 1.165) is 51.4 Å². The normalized spacial score (nSPS) is 13.4. The summed E-state index contributed by atoms with van der Waals surface area (Å²) in [6, 6.07) is 0. The Kier molecular flexibility index (Phi) is 16.8. The summed E-state index contributed by atoms with van der Waals surface area (Å²) in [5, 5.41) is 19.4. The molecule has 0 aromatic rings. The molecule has 0 spiro atoms. The molecule has 2 atom stereocenters. The van der Waals surface area contributed by atoms with Gasteiger partial charge in [-0.05, 0) is 12.8 Å². The van der Waals surface area contributed by atoms with Crippen LogP contribution in [0, 0.1) is 0 Å². The lowest BCUT2D eigenvalue weighted by molar-refractivity contribution is -0.161. The average Bonchev–Trinajstić information content (AvgIpc) is 2.64. The highest BCUT2D eigenvalue weighted by molar-refractivity contribution is 5.83. The molecule has 0 saturated carbocycles. The van der Waals surface area contributed by atoms with Crippen LogP contribution < -0.4 is 0 Å². The number of hydrogen-bond acceptors (Lipinski definition) is 5. The van der Waals surface area contributed by atoms with E-state index in [4.69, 9.17) is 4.74 Å². The van der Waals surface area contributed by atoms with Crippen molar-refractivity contribution in [3.05, 3.63) is 0 Å². The van der Waals surface area contributed by atoms with E-state index in [9.17, 15) is 19.8 Å². The topological polar surface area (TPSA) is 83.8 Å². The Bertz CT molecular complexity index is 356. The van der Waals surface area contributed by atoms with Crippen LogP contribution in [-0.2, 0) is 14.3 Å². The lowest BCUT2D eigenvalue weighted by Gasteiger charge is -2.20. The predicted octanol–water partition coefficient (Wildman–Crippen LogP) is 4.32. The second-order valence-electron chi connectivity index (χ2n) is 7.16. The van der Waals surface area contributed by atoms with Gasteiger partial charge in [-0.1, -0.05) is 78.1 Å². The first-order valence-electron chi connectivity index (χ1n) is 10.6. The molecule has 154 valence electrons. The van der Waals surface area contributed by atoms with Crippen molar-refractivity contribution in [3.8, 4) is 0 Å². The fraction of sp³-hybridized carbons (Fsp3) is 0.905. The highest BCUT2D eigenvalue weighted by Gasteiger charge is 2.28. The van der Waals surface area contributed by atoms with Gasteiger partial charge in [0.25, 0.3) is 0 Å². The Morgan fingerprint density at radius 3 is 1.73 bits per heavy atom. The summed E-state index contributed by atoms with van der Waals surface area (Å²) in [6.45, 7) is 3.77. The molecular formula is C21H40O5. The van der Waals surface area contributed by atoms with Crippen LogP contribution in [0.1, 0.15) is 104 Å². The maximum absolute atomic E-state index is 12.0. The Balaban J connectivity index is 3.95. The van der Waals surface area contributed by atoms with Crippen LogP contribution in [0.4, 0.5) is 0 Å². The van der Waals surface area contributed by atoms with Crippen LogP contribution >= 0.6 is 0 Å². The zero-order chi connectivity index (χ0) is 19.6. The van der Waals surface area contributed by atoms with Crippen molar-refractivity contribution in [2.75, 3.05) is 6.61 Å². The number of rotatable bonds is 18. The summed E-state index contributed by atoms with van der Waals surface area (Å²) in [7, 11) is 0. The number of ketones is 1. The third kappa shape index (κ3) is 13.3. The van der Waals surface area contributed by atoms with E-state index < -0.39 is 24.8 Å². The van der Waals surface area contributed by atoms with Crippen molar-refractivity contribution in [3.63, 3.8) is 0 Å². The van der Waals surface area contributed by atoms with Gasteiger partial charge in [-0.25, -0.2) is 0 Å². The maximum atomic E-state index is 12.0. The van der Waals surface area contributed by atoms with Gasteiger partial charge in [-0.3, -0.25) is 9.59 Å². The van der Waals surface area contributed by atoms with E-state index >= 15 is 0 Å². The minimum atomic E-state index is -1.43. The molecule has 0 aliphatic carbocycles. The number of esters is 1. The molecule has 2 unspecified atom stereocenters. The van der Waals surface area contributed by atoms with Crippen molar-refractivity contribution in [1.82, 2.24) is 0 Å². The quantitative estimate of drug-likeness (QED) is 0.276. The summed E-state index contributed by atoms with van der Waals surface area (Å²) in [6.07, 6.45) is 10.7. The third-order valence-electron chi connectivity index (χ3n) is 4.66. The zero-order valence-corrected chi connectivity index (χ0v) is 16.9. The van der Waals surface area contributed by atoms with Crippen LogP contribution in [0.2, 0.25) is 0 Å². The summed E-state index contributed by atoms with van der Waals surface area (Å²) in [4.78, 5) is 23.8. The summed E-state index contributed by atoms with van der Waals surface area (Å²) in [5.41, 5.74) is 0. The molecule has 0 rings (SSSR count). The maximum Gasteiger partial charge on any atom is 0.306 e. The number of aliphatic hydroxyl groups is 2. The molecule has 5 nitrogen and oxygen atoms in total. The predicted molar refractivity (Wildman–Crippen MR) is 104 cm³/mol. The summed E-state index contributed by atoms with van der Waals surface area (Å²) >= 11 is 0. The lowest BCUT2D eigenvalue weighted by atomic mass is 10.0. The van der Waals surface area contributed by atoms with Gasteiger partial charge < -0.3 is 14.9 Å². The van der Waals surface area contributed by atoms with E-state index in [1.165, 1.54) is 25.7 Å². The van der Waals surface area contributed by atoms with Crippen LogP contribution in [0.15, 0.2) is 0 Å². The molecular weight excluding hydrogens is 332 g/mol. The van der Waals surface area contributed by atoms with Crippen molar-refractivity contribution in [1.29, 1.82) is 0 Å². The standard InChI is InChI=1S/C21H40O5/c1-3-5-7-9-10-12-14-16-20(24)26-19(17-22)21(25)18(23)15-13-11-8-6-4-2/h19,21-22,25H,3-17H2,1-2H3. The van der Waals surface area contributed by atoms with Gasteiger partial charge in [0.2, 0.25) is 0 Å². The minimum Gasteiger partial charge on any atom is -0.457 e. The second-order valence-corrected chi connectivity index (χ2v) is 7.16. The molecule has 5 heteroatoms. The van der Waals surface area contributed by atoms with Crippen molar-refractivity contribution in [2.45, 2.75) is 116 Å². The van der Waals surface area contributed by atoms with Crippen LogP contribution in [0.3, 0.4) is 0 Å². The monoisotopic (exact) mass is 372 g/mol. The van der Waals surface area contributed by atoms with Crippen molar-refractivity contribution in [2.24, 2.45) is 0 Å². The average molecular weight is 373 g/mol. The van der Waals surface area contributed by atoms with E-state index in [-0.39, 0.29) is 18.6 Å². The Hall–Kier alpha value is -0.940. The smallest absolute Gasteiger partial charge is 0.306 e. The minimum absolute atomic E-state index is 0.261. The molecule has 0 amide bonds. The number of hydrogen-bond donors (Lipinski definition) is 2. The molecule has 0 aliphatic rings. The number of Topliss-reactive ketones (excluding diaryl/α,β-unsaturated/α-hetero) is 1. The van der Waals surface area contributed by atoms with E-state index in [1.54, 1.807) is 0 Å². The fourth-order valence-electron chi connectivity index (χ4n) is 2.91. The van der Waals surface area contributed by atoms with Gasteiger partial charge in [0.1, 0.15) is 0 Å². The van der Waals surface area contributed by atoms with E-state index in [0.29, 0.717) is 0 Å². The summed E-state index contributed by atoms with van der Waals surface area (Å²) < 4.78 is 5.11. The number of carbonyl (C=O) groups excluding carboxylic acids is 2. The van der Waals surface area contributed by atoms with Crippen LogP contribution in [0.5, 0.6) is 0 Å². The van der Waals surface area contributed by atoms with Crippen molar-refractivity contribution < 1.29 is 24.5 Å². The van der Waals surface area contributed by atoms with E-state index in [1.807, 2.05) is 0 Å². The molecule has 0 radical (unpaired) electrons. The Morgan fingerprint density at radius 2 is 1.23 bits per heavy atom. The SMILES string of the molecule is CCCCCCCCCC(=O)OC(CO)C(O)C(=O)CCCCCCC. The molecule has 0 aromatic heterocycles. The molecule has 26 heavy (non-hydrogen) atoms. The third-order valence-corrected chi connectivity index (χ3v) is 4.66. The summed E-state index contributed by atoms with van der Waals surface area (Å²) in [5.74, 6) is -0.809. The highest BCUT2D eigenvalue weighted by atomic mass is 16.6. The lowest BCUT2D eigenvalue weighted by Crippen LogP contribution is -2.40. The zero-order valence-electron chi connectivity index (χ0n) is 16.9. The molecule has 0 fully saturated rings. The van der Waals surface area contributed by atoms with Gasteiger partial charge in [-0.15, -0.1) is 0 Å². The Labute approximate surface area is 159 Å².